The summed E-state index contributed by atoms with van der Waals surface area (Å²) in [6.45, 7) is 2.33. The second-order valence-corrected chi connectivity index (χ2v) is 4.32. The van der Waals surface area contributed by atoms with Crippen LogP contribution in [0.5, 0.6) is 11.5 Å². The van der Waals surface area contributed by atoms with Crippen molar-refractivity contribution in [3.8, 4) is 11.5 Å². The van der Waals surface area contributed by atoms with E-state index >= 15 is 0 Å². The van der Waals surface area contributed by atoms with E-state index in [1.54, 1.807) is 12.1 Å². The third-order valence-electron chi connectivity index (χ3n) is 2.95. The summed E-state index contributed by atoms with van der Waals surface area (Å²) in [5, 5.41) is 13.2. The van der Waals surface area contributed by atoms with Gasteiger partial charge < -0.3 is 15.2 Å². The van der Waals surface area contributed by atoms with Gasteiger partial charge in [-0.05, 0) is 37.1 Å². The molecule has 0 spiro atoms. The minimum Gasteiger partial charge on any atom is -0.504 e. The average molecular weight is 272 g/mol. The second-order valence-electron chi connectivity index (χ2n) is 4.32. The van der Waals surface area contributed by atoms with Crippen LogP contribution >= 0.6 is 12.4 Å². The van der Waals surface area contributed by atoms with Gasteiger partial charge in [-0.3, -0.25) is 4.79 Å². The molecule has 4 nitrogen and oxygen atoms in total. The summed E-state index contributed by atoms with van der Waals surface area (Å²) in [5.74, 6) is -0.189. The van der Waals surface area contributed by atoms with Crippen molar-refractivity contribution in [2.45, 2.75) is 32.2 Å². The molecule has 0 aromatic heterocycles. The van der Waals surface area contributed by atoms with Gasteiger partial charge in [-0.15, -0.1) is 12.4 Å². The van der Waals surface area contributed by atoms with Gasteiger partial charge in [0.15, 0.2) is 11.5 Å². The van der Waals surface area contributed by atoms with E-state index in [2.05, 4.69) is 5.32 Å². The van der Waals surface area contributed by atoms with Gasteiger partial charge in [-0.2, -0.15) is 0 Å². The van der Waals surface area contributed by atoms with Crippen molar-refractivity contribution < 1.29 is 14.6 Å². The molecule has 1 heterocycles. The van der Waals surface area contributed by atoms with Crippen molar-refractivity contribution >= 4 is 18.4 Å². The third kappa shape index (κ3) is 3.62. The first-order valence-electron chi connectivity index (χ1n) is 5.91. The monoisotopic (exact) mass is 271 g/mol. The van der Waals surface area contributed by atoms with Crippen molar-refractivity contribution in [3.63, 3.8) is 0 Å². The molecule has 1 saturated heterocycles. The standard InChI is InChI=1S/C13H17NO3.ClH/c1-9(15)17-13-6-5-10(8-12(13)16)11-4-2-3-7-14-11;/h5-6,8,11,14,16H,2-4,7H2,1H3;1H/t11-;/m0./s1. The number of ether oxygens (including phenoxy) is 1. The molecule has 5 heteroatoms. The Labute approximate surface area is 113 Å². The van der Waals surface area contributed by atoms with Crippen molar-refractivity contribution in [3.05, 3.63) is 23.8 Å². The molecule has 0 bridgehead atoms. The molecule has 1 aliphatic heterocycles. The zero-order valence-corrected chi connectivity index (χ0v) is 11.1. The SMILES string of the molecule is CC(=O)Oc1ccc([C@@H]2CCCCN2)cc1O.Cl. The first-order chi connectivity index (χ1) is 8.16. The molecule has 1 atom stereocenters. The van der Waals surface area contributed by atoms with Crippen molar-refractivity contribution in [2.75, 3.05) is 6.54 Å². The molecule has 2 rings (SSSR count). The summed E-state index contributed by atoms with van der Waals surface area (Å²) >= 11 is 0. The Bertz CT molecular complexity index is 417. The molecular weight excluding hydrogens is 254 g/mol. The largest absolute Gasteiger partial charge is 0.504 e. The van der Waals surface area contributed by atoms with Gasteiger partial charge in [0, 0.05) is 13.0 Å². The Kier molecular flexibility index (Phi) is 5.44. The van der Waals surface area contributed by atoms with Crippen LogP contribution in [0, 0.1) is 0 Å². The number of nitrogens with one attached hydrogen (secondary N) is 1. The van der Waals surface area contributed by atoms with Crippen molar-refractivity contribution in [1.82, 2.24) is 5.32 Å². The van der Waals surface area contributed by atoms with Crippen LogP contribution < -0.4 is 10.1 Å². The Balaban J connectivity index is 0.00000162. The molecule has 0 amide bonds. The number of piperidine rings is 1. The highest BCUT2D eigenvalue weighted by atomic mass is 35.5. The fourth-order valence-corrected chi connectivity index (χ4v) is 2.13. The molecule has 0 radical (unpaired) electrons. The summed E-state index contributed by atoms with van der Waals surface area (Å²) in [6, 6.07) is 5.49. The number of rotatable bonds is 2. The maximum Gasteiger partial charge on any atom is 0.308 e. The number of phenolic OH excluding ortho intramolecular Hbond substituents is 1. The van der Waals surface area contributed by atoms with Gasteiger partial charge in [0.2, 0.25) is 0 Å². The maximum absolute atomic E-state index is 10.8. The van der Waals surface area contributed by atoms with E-state index in [9.17, 15) is 9.90 Å². The lowest BCUT2D eigenvalue weighted by Gasteiger charge is -2.24. The Morgan fingerprint density at radius 3 is 2.78 bits per heavy atom. The van der Waals surface area contributed by atoms with Gasteiger partial charge in [-0.1, -0.05) is 12.5 Å². The smallest absolute Gasteiger partial charge is 0.308 e. The topological polar surface area (TPSA) is 58.6 Å². The lowest BCUT2D eigenvalue weighted by Crippen LogP contribution is -2.26. The fourth-order valence-electron chi connectivity index (χ4n) is 2.13. The molecule has 0 saturated carbocycles. The summed E-state index contributed by atoms with van der Waals surface area (Å²) in [5.41, 5.74) is 1.04. The lowest BCUT2D eigenvalue weighted by molar-refractivity contribution is -0.132. The van der Waals surface area contributed by atoms with Gasteiger partial charge in [-0.25, -0.2) is 0 Å². The molecule has 0 unspecified atom stereocenters. The van der Waals surface area contributed by atoms with Gasteiger partial charge in [0.25, 0.3) is 0 Å². The molecule has 18 heavy (non-hydrogen) atoms. The minimum absolute atomic E-state index is 0. The number of halogens is 1. The number of carbonyl (C=O) groups excluding carboxylic acids is 1. The summed E-state index contributed by atoms with van der Waals surface area (Å²) in [6.07, 6.45) is 3.48. The summed E-state index contributed by atoms with van der Waals surface area (Å²) in [7, 11) is 0. The first-order valence-corrected chi connectivity index (χ1v) is 5.91. The number of carbonyl (C=O) groups is 1. The highest BCUT2D eigenvalue weighted by Crippen LogP contribution is 2.31. The Morgan fingerprint density at radius 2 is 2.22 bits per heavy atom. The van der Waals surface area contributed by atoms with Crippen LogP contribution in [0.3, 0.4) is 0 Å². The molecule has 100 valence electrons. The number of hydrogen-bond acceptors (Lipinski definition) is 4. The van der Waals surface area contributed by atoms with Crippen LogP contribution in [0.4, 0.5) is 0 Å². The Morgan fingerprint density at radius 1 is 1.44 bits per heavy atom. The summed E-state index contributed by atoms with van der Waals surface area (Å²) < 4.78 is 4.88. The predicted molar refractivity (Wildman–Crippen MR) is 71.3 cm³/mol. The van der Waals surface area contributed by atoms with Crippen molar-refractivity contribution in [1.29, 1.82) is 0 Å². The van der Waals surface area contributed by atoms with Crippen LogP contribution in [-0.2, 0) is 4.79 Å². The third-order valence-corrected chi connectivity index (χ3v) is 2.95. The normalized spacial score (nSPS) is 18.8. The minimum atomic E-state index is -0.427. The van der Waals surface area contributed by atoms with Gasteiger partial charge in [0.1, 0.15) is 0 Å². The number of benzene rings is 1. The van der Waals surface area contributed by atoms with Crippen LogP contribution in [0.2, 0.25) is 0 Å². The van der Waals surface area contributed by atoms with E-state index < -0.39 is 5.97 Å². The molecular formula is C13H18ClNO3. The van der Waals surface area contributed by atoms with Crippen molar-refractivity contribution in [2.24, 2.45) is 0 Å². The number of esters is 1. The fraction of sp³-hybridized carbons (Fsp3) is 0.462. The molecule has 1 aromatic rings. The second kappa shape index (κ2) is 6.61. The van der Waals surface area contributed by atoms with E-state index in [-0.39, 0.29) is 23.9 Å². The number of aromatic hydroxyl groups is 1. The number of phenols is 1. The molecule has 1 fully saturated rings. The van der Waals surface area contributed by atoms with E-state index in [4.69, 9.17) is 4.74 Å². The zero-order chi connectivity index (χ0) is 12.3. The van der Waals surface area contributed by atoms with Crippen LogP contribution in [0.1, 0.15) is 37.8 Å². The summed E-state index contributed by atoms with van der Waals surface area (Å²) in [4.78, 5) is 10.8. The molecule has 2 N–H and O–H groups in total. The molecule has 0 aliphatic carbocycles. The van der Waals surface area contributed by atoms with Crippen LogP contribution in [0.25, 0.3) is 0 Å². The van der Waals surface area contributed by atoms with E-state index in [0.29, 0.717) is 6.04 Å². The zero-order valence-electron chi connectivity index (χ0n) is 10.3. The van der Waals surface area contributed by atoms with Gasteiger partial charge >= 0.3 is 5.97 Å². The van der Waals surface area contributed by atoms with Gasteiger partial charge in [0.05, 0.1) is 0 Å². The average Bonchev–Trinajstić information content (AvgIpc) is 2.32. The number of hydrogen-bond donors (Lipinski definition) is 2. The quantitative estimate of drug-likeness (QED) is 0.641. The molecule has 1 aliphatic rings. The first kappa shape index (κ1) is 14.8. The Hall–Kier alpha value is -1.26. The van der Waals surface area contributed by atoms with Crippen LogP contribution in [-0.4, -0.2) is 17.6 Å². The highest BCUT2D eigenvalue weighted by Gasteiger charge is 2.16. The van der Waals surface area contributed by atoms with Crippen LogP contribution in [0.15, 0.2) is 18.2 Å². The molecule has 1 aromatic carbocycles. The lowest BCUT2D eigenvalue weighted by atomic mass is 9.97. The maximum atomic E-state index is 10.8. The predicted octanol–water partition coefficient (Wildman–Crippen LogP) is 2.55. The van der Waals surface area contributed by atoms with E-state index in [1.807, 2.05) is 6.07 Å². The highest BCUT2D eigenvalue weighted by molar-refractivity contribution is 5.85. The van der Waals surface area contributed by atoms with E-state index in [1.165, 1.54) is 19.8 Å². The van der Waals surface area contributed by atoms with E-state index in [0.717, 1.165) is 18.5 Å².